The van der Waals surface area contributed by atoms with E-state index in [1.54, 1.807) is 0 Å². The monoisotopic (exact) mass is 250 g/mol. The topological polar surface area (TPSA) is 32.3 Å². The van der Waals surface area contributed by atoms with Gasteiger partial charge < -0.3 is 10.2 Å². The van der Waals surface area contributed by atoms with E-state index in [4.69, 9.17) is 0 Å². The van der Waals surface area contributed by atoms with E-state index in [-0.39, 0.29) is 0 Å². The van der Waals surface area contributed by atoms with Crippen LogP contribution in [0, 0.1) is 5.92 Å². The summed E-state index contributed by atoms with van der Waals surface area (Å²) in [5, 5.41) is 3.47. The van der Waals surface area contributed by atoms with Crippen molar-refractivity contribution in [2.75, 3.05) is 13.1 Å². The summed E-state index contributed by atoms with van der Waals surface area (Å²) >= 11 is 0. The summed E-state index contributed by atoms with van der Waals surface area (Å²) in [5.41, 5.74) is 0. The van der Waals surface area contributed by atoms with E-state index in [0.717, 1.165) is 38.3 Å². The Labute approximate surface area is 110 Å². The first-order chi connectivity index (χ1) is 8.84. The van der Waals surface area contributed by atoms with Crippen LogP contribution in [0.4, 0.5) is 0 Å². The summed E-state index contributed by atoms with van der Waals surface area (Å²) in [6, 6.07) is 1.04. The highest BCUT2D eigenvalue weighted by Gasteiger charge is 2.37. The van der Waals surface area contributed by atoms with Gasteiger partial charge in [-0.2, -0.15) is 0 Å². The smallest absolute Gasteiger partial charge is 0.223 e. The van der Waals surface area contributed by atoms with E-state index in [1.165, 1.54) is 38.5 Å². The van der Waals surface area contributed by atoms with Crippen LogP contribution in [-0.4, -0.2) is 36.0 Å². The van der Waals surface area contributed by atoms with Crippen molar-refractivity contribution in [1.29, 1.82) is 0 Å². The van der Waals surface area contributed by atoms with Crippen LogP contribution < -0.4 is 5.32 Å². The third kappa shape index (κ3) is 2.56. The summed E-state index contributed by atoms with van der Waals surface area (Å²) in [6.45, 7) is 2.11. The summed E-state index contributed by atoms with van der Waals surface area (Å²) in [5.74, 6) is 1.29. The van der Waals surface area contributed by atoms with Crippen molar-refractivity contribution in [3.8, 4) is 0 Å². The molecule has 18 heavy (non-hydrogen) atoms. The molecule has 1 N–H and O–H groups in total. The second-order valence-electron chi connectivity index (χ2n) is 6.37. The predicted octanol–water partition coefficient (Wildman–Crippen LogP) is 2.31. The van der Waals surface area contributed by atoms with Crippen molar-refractivity contribution >= 4 is 5.91 Å². The Hall–Kier alpha value is -0.570. The van der Waals surface area contributed by atoms with E-state index in [2.05, 4.69) is 10.2 Å². The minimum Gasteiger partial charge on any atom is -0.335 e. The van der Waals surface area contributed by atoms with Gasteiger partial charge in [0.1, 0.15) is 0 Å². The molecule has 2 bridgehead atoms. The fourth-order valence-electron chi connectivity index (χ4n) is 4.15. The minimum atomic E-state index is 0.443. The van der Waals surface area contributed by atoms with E-state index in [0.29, 0.717) is 18.0 Å². The van der Waals surface area contributed by atoms with Gasteiger partial charge in [0.25, 0.3) is 0 Å². The van der Waals surface area contributed by atoms with Crippen molar-refractivity contribution in [2.45, 2.75) is 69.9 Å². The molecule has 102 valence electrons. The summed E-state index contributed by atoms with van der Waals surface area (Å²) in [6.07, 6.45) is 11.1. The highest BCUT2D eigenvalue weighted by molar-refractivity contribution is 5.77. The number of carbonyl (C=O) groups excluding carboxylic acids is 1. The number of carbonyl (C=O) groups is 1. The van der Waals surface area contributed by atoms with E-state index in [9.17, 15) is 4.79 Å². The van der Waals surface area contributed by atoms with Crippen LogP contribution in [0.25, 0.3) is 0 Å². The quantitative estimate of drug-likeness (QED) is 0.833. The number of rotatable bonds is 3. The van der Waals surface area contributed by atoms with Crippen molar-refractivity contribution in [1.82, 2.24) is 10.2 Å². The molecule has 0 spiro atoms. The molecule has 3 fully saturated rings. The summed E-state index contributed by atoms with van der Waals surface area (Å²) in [4.78, 5) is 14.7. The molecular formula is C15H26N2O. The average Bonchev–Trinajstić information content (AvgIpc) is 2.93. The number of nitrogens with one attached hydrogen (secondary N) is 1. The third-order valence-electron chi connectivity index (χ3n) is 5.18. The Kier molecular flexibility index (Phi) is 3.88. The zero-order chi connectivity index (χ0) is 12.4. The van der Waals surface area contributed by atoms with Crippen molar-refractivity contribution in [2.24, 2.45) is 5.92 Å². The van der Waals surface area contributed by atoms with Gasteiger partial charge in [-0.05, 0) is 38.1 Å². The van der Waals surface area contributed by atoms with Crippen LogP contribution in [0.3, 0.4) is 0 Å². The fourth-order valence-corrected chi connectivity index (χ4v) is 4.15. The molecule has 1 aliphatic carbocycles. The lowest BCUT2D eigenvalue weighted by Crippen LogP contribution is -2.42. The molecule has 3 rings (SSSR count). The Morgan fingerprint density at radius 3 is 2.67 bits per heavy atom. The second-order valence-corrected chi connectivity index (χ2v) is 6.37. The van der Waals surface area contributed by atoms with E-state index >= 15 is 0 Å². The van der Waals surface area contributed by atoms with Gasteiger partial charge in [0.05, 0.1) is 0 Å². The molecule has 3 nitrogen and oxygen atoms in total. The van der Waals surface area contributed by atoms with Crippen molar-refractivity contribution < 1.29 is 4.79 Å². The second kappa shape index (κ2) is 5.60. The molecular weight excluding hydrogens is 224 g/mol. The number of amides is 1. The maximum atomic E-state index is 12.5. The van der Waals surface area contributed by atoms with E-state index in [1.807, 2.05) is 0 Å². The van der Waals surface area contributed by atoms with Gasteiger partial charge in [0.2, 0.25) is 5.91 Å². The SMILES string of the molecule is O=C(CCC1CCCC1)N1C2CCNCC1CC2. The maximum Gasteiger partial charge on any atom is 0.223 e. The highest BCUT2D eigenvalue weighted by Crippen LogP contribution is 2.32. The van der Waals surface area contributed by atoms with Crippen LogP contribution in [0.2, 0.25) is 0 Å². The lowest BCUT2D eigenvalue weighted by Gasteiger charge is -2.28. The average molecular weight is 250 g/mol. The first kappa shape index (κ1) is 12.5. The van der Waals surface area contributed by atoms with Crippen LogP contribution in [0.5, 0.6) is 0 Å². The van der Waals surface area contributed by atoms with Crippen LogP contribution in [0.15, 0.2) is 0 Å². The number of hydrogen-bond donors (Lipinski definition) is 1. The van der Waals surface area contributed by atoms with Gasteiger partial charge in [-0.3, -0.25) is 4.79 Å². The Balaban J connectivity index is 1.54. The first-order valence-electron chi connectivity index (χ1n) is 7.86. The first-order valence-corrected chi connectivity index (χ1v) is 7.86. The summed E-state index contributed by atoms with van der Waals surface area (Å²) in [7, 11) is 0. The minimum absolute atomic E-state index is 0.443. The lowest BCUT2D eigenvalue weighted by molar-refractivity contribution is -0.134. The van der Waals surface area contributed by atoms with Gasteiger partial charge >= 0.3 is 0 Å². The van der Waals surface area contributed by atoms with Crippen LogP contribution in [-0.2, 0) is 4.79 Å². The van der Waals surface area contributed by atoms with Gasteiger partial charge in [0, 0.05) is 25.0 Å². The highest BCUT2D eigenvalue weighted by atomic mass is 16.2. The van der Waals surface area contributed by atoms with Crippen LogP contribution >= 0.6 is 0 Å². The lowest BCUT2D eigenvalue weighted by atomic mass is 10.0. The van der Waals surface area contributed by atoms with Crippen molar-refractivity contribution in [3.05, 3.63) is 0 Å². The van der Waals surface area contributed by atoms with Gasteiger partial charge in [-0.25, -0.2) is 0 Å². The molecule has 2 heterocycles. The zero-order valence-electron chi connectivity index (χ0n) is 11.4. The van der Waals surface area contributed by atoms with Gasteiger partial charge in [-0.15, -0.1) is 0 Å². The van der Waals surface area contributed by atoms with Crippen LogP contribution in [0.1, 0.15) is 57.8 Å². The molecule has 1 amide bonds. The molecule has 1 saturated carbocycles. The molecule has 0 radical (unpaired) electrons. The molecule has 2 unspecified atom stereocenters. The summed E-state index contributed by atoms with van der Waals surface area (Å²) < 4.78 is 0. The fraction of sp³-hybridized carbons (Fsp3) is 0.933. The maximum absolute atomic E-state index is 12.5. The molecule has 3 heteroatoms. The van der Waals surface area contributed by atoms with Gasteiger partial charge in [-0.1, -0.05) is 25.7 Å². The number of fused-ring (bicyclic) bond motifs is 2. The Bertz CT molecular complexity index is 285. The number of nitrogens with zero attached hydrogens (tertiary/aromatic N) is 1. The molecule has 0 aromatic heterocycles. The molecule has 2 atom stereocenters. The van der Waals surface area contributed by atoms with Gasteiger partial charge in [0.15, 0.2) is 0 Å². The zero-order valence-corrected chi connectivity index (χ0v) is 11.4. The Morgan fingerprint density at radius 2 is 1.83 bits per heavy atom. The molecule has 0 aromatic carbocycles. The number of hydrogen-bond acceptors (Lipinski definition) is 2. The Morgan fingerprint density at radius 1 is 1.06 bits per heavy atom. The standard InChI is InChI=1S/C15H26N2O/c18-15(8-5-12-3-1-2-4-12)17-13-6-7-14(17)11-16-10-9-13/h12-14,16H,1-11H2. The molecule has 2 saturated heterocycles. The normalized spacial score (nSPS) is 32.8. The molecule has 0 aromatic rings. The third-order valence-corrected chi connectivity index (χ3v) is 5.18. The molecule has 3 aliphatic rings. The largest absolute Gasteiger partial charge is 0.335 e. The predicted molar refractivity (Wildman–Crippen MR) is 72.3 cm³/mol. The van der Waals surface area contributed by atoms with Crippen molar-refractivity contribution in [3.63, 3.8) is 0 Å². The van der Waals surface area contributed by atoms with E-state index < -0.39 is 0 Å². The molecule has 2 aliphatic heterocycles.